The normalized spacial score (nSPS) is 16.7. The summed E-state index contributed by atoms with van der Waals surface area (Å²) < 4.78 is 2.15. The molecule has 0 atom stereocenters. The summed E-state index contributed by atoms with van der Waals surface area (Å²) in [7, 11) is 0. The Morgan fingerprint density at radius 2 is 1.94 bits per heavy atom. The third-order valence-corrected chi connectivity index (χ3v) is 3.62. The molecule has 0 aliphatic carbocycles. The summed E-state index contributed by atoms with van der Waals surface area (Å²) in [4.78, 5) is 7.14. The highest BCUT2D eigenvalue weighted by atomic mass is 16.3. The molecule has 2 heterocycles. The Bertz CT molecular complexity index is 529. The van der Waals surface area contributed by atoms with Crippen molar-refractivity contribution >= 4 is 11.0 Å². The van der Waals surface area contributed by atoms with Crippen molar-refractivity contribution in [2.45, 2.75) is 25.9 Å². The number of aliphatic hydroxyl groups is 1. The van der Waals surface area contributed by atoms with Gasteiger partial charge in [0.2, 0.25) is 0 Å². The molecule has 4 nitrogen and oxygen atoms in total. The second-order valence-electron chi connectivity index (χ2n) is 4.88. The highest BCUT2D eigenvalue weighted by molar-refractivity contribution is 5.75. The fraction of sp³-hybridized carbons (Fsp3) is 0.500. The van der Waals surface area contributed by atoms with Crippen molar-refractivity contribution in [2.75, 3.05) is 19.7 Å². The molecule has 1 aliphatic heterocycles. The number of hydrogen-bond donors (Lipinski definition) is 1. The van der Waals surface area contributed by atoms with Crippen molar-refractivity contribution in [1.82, 2.24) is 14.5 Å². The average Bonchev–Trinajstić information content (AvgIpc) is 3.00. The molecular weight excluding hydrogens is 226 g/mol. The van der Waals surface area contributed by atoms with Crippen molar-refractivity contribution in [1.29, 1.82) is 0 Å². The highest BCUT2D eigenvalue weighted by Crippen LogP contribution is 2.18. The van der Waals surface area contributed by atoms with Gasteiger partial charge in [0.1, 0.15) is 5.82 Å². The van der Waals surface area contributed by atoms with Gasteiger partial charge in [-0.05, 0) is 38.1 Å². The molecule has 0 saturated carbocycles. The summed E-state index contributed by atoms with van der Waals surface area (Å²) in [5.74, 6) is 1.08. The average molecular weight is 245 g/mol. The van der Waals surface area contributed by atoms with Crippen molar-refractivity contribution in [3.05, 3.63) is 30.1 Å². The molecule has 1 aliphatic rings. The standard InChI is InChI=1S/C14H19N3O/c18-10-9-17-13-6-2-1-5-12(13)15-14(17)11-16-7-3-4-8-16/h1-2,5-6,18H,3-4,7-11H2. The molecule has 1 N–H and O–H groups in total. The Morgan fingerprint density at radius 1 is 1.17 bits per heavy atom. The largest absolute Gasteiger partial charge is 0.395 e. The predicted octanol–water partition coefficient (Wildman–Crippen LogP) is 1.62. The molecule has 96 valence electrons. The van der Waals surface area contributed by atoms with Crippen LogP contribution < -0.4 is 0 Å². The maximum atomic E-state index is 9.22. The van der Waals surface area contributed by atoms with Crippen LogP contribution in [0.1, 0.15) is 18.7 Å². The first-order chi connectivity index (χ1) is 8.88. The van der Waals surface area contributed by atoms with Crippen molar-refractivity contribution in [3.8, 4) is 0 Å². The number of benzene rings is 1. The number of hydrogen-bond acceptors (Lipinski definition) is 3. The molecule has 0 bridgehead atoms. The summed E-state index contributed by atoms with van der Waals surface area (Å²) in [6, 6.07) is 8.15. The topological polar surface area (TPSA) is 41.3 Å². The summed E-state index contributed by atoms with van der Waals surface area (Å²) >= 11 is 0. The third-order valence-electron chi connectivity index (χ3n) is 3.62. The van der Waals surface area contributed by atoms with E-state index in [1.54, 1.807) is 0 Å². The fourth-order valence-electron chi connectivity index (χ4n) is 2.74. The van der Waals surface area contributed by atoms with E-state index in [4.69, 9.17) is 4.98 Å². The molecule has 1 saturated heterocycles. The minimum atomic E-state index is 0.160. The SMILES string of the molecule is OCCn1c(CN2CCCC2)nc2ccccc21. The van der Waals surface area contributed by atoms with Gasteiger partial charge in [0.25, 0.3) is 0 Å². The number of fused-ring (bicyclic) bond motifs is 1. The first-order valence-corrected chi connectivity index (χ1v) is 6.66. The number of rotatable bonds is 4. The summed E-state index contributed by atoms with van der Waals surface area (Å²) in [5.41, 5.74) is 2.15. The Balaban J connectivity index is 1.95. The number of imidazole rings is 1. The molecule has 1 fully saturated rings. The van der Waals surface area contributed by atoms with Crippen LogP contribution in [0.25, 0.3) is 11.0 Å². The maximum absolute atomic E-state index is 9.22. The van der Waals surface area contributed by atoms with E-state index in [1.807, 2.05) is 18.2 Å². The van der Waals surface area contributed by atoms with Crippen molar-refractivity contribution in [3.63, 3.8) is 0 Å². The van der Waals surface area contributed by atoms with Gasteiger partial charge in [-0.2, -0.15) is 0 Å². The van der Waals surface area contributed by atoms with Crippen molar-refractivity contribution < 1.29 is 5.11 Å². The van der Waals surface area contributed by atoms with Gasteiger partial charge in [-0.25, -0.2) is 4.98 Å². The summed E-state index contributed by atoms with van der Waals surface area (Å²) in [5, 5.41) is 9.22. The van der Waals surface area contributed by atoms with Crippen LogP contribution in [0.5, 0.6) is 0 Å². The molecule has 0 spiro atoms. The zero-order valence-corrected chi connectivity index (χ0v) is 10.5. The van der Waals surface area contributed by atoms with E-state index in [9.17, 15) is 5.11 Å². The Labute approximate surface area is 107 Å². The van der Waals surface area contributed by atoms with Gasteiger partial charge in [-0.1, -0.05) is 12.1 Å². The monoisotopic (exact) mass is 245 g/mol. The number of likely N-dealkylation sites (tertiary alicyclic amines) is 1. The lowest BCUT2D eigenvalue weighted by molar-refractivity contribution is 0.268. The molecule has 1 aromatic heterocycles. The zero-order chi connectivity index (χ0) is 12.4. The number of aromatic nitrogens is 2. The van der Waals surface area contributed by atoms with Gasteiger partial charge in [0, 0.05) is 6.54 Å². The minimum absolute atomic E-state index is 0.160. The van der Waals surface area contributed by atoms with E-state index in [0.29, 0.717) is 6.54 Å². The van der Waals surface area contributed by atoms with Crippen LogP contribution in [0.4, 0.5) is 0 Å². The molecule has 18 heavy (non-hydrogen) atoms. The molecule has 0 amide bonds. The van der Waals surface area contributed by atoms with Crippen LogP contribution in [0, 0.1) is 0 Å². The van der Waals surface area contributed by atoms with Gasteiger partial charge >= 0.3 is 0 Å². The first-order valence-electron chi connectivity index (χ1n) is 6.66. The van der Waals surface area contributed by atoms with E-state index in [1.165, 1.54) is 25.9 Å². The highest BCUT2D eigenvalue weighted by Gasteiger charge is 2.16. The molecule has 4 heteroatoms. The lowest BCUT2D eigenvalue weighted by Gasteiger charge is -2.15. The smallest absolute Gasteiger partial charge is 0.124 e. The Hall–Kier alpha value is -1.39. The van der Waals surface area contributed by atoms with Crippen molar-refractivity contribution in [2.24, 2.45) is 0 Å². The number of aliphatic hydroxyl groups excluding tert-OH is 1. The first kappa shape index (κ1) is 11.7. The molecular formula is C14H19N3O. The van der Waals surface area contributed by atoms with E-state index < -0.39 is 0 Å². The van der Waals surface area contributed by atoms with Crippen LogP contribution in [-0.2, 0) is 13.1 Å². The zero-order valence-electron chi connectivity index (χ0n) is 10.5. The summed E-state index contributed by atoms with van der Waals surface area (Å²) in [6.07, 6.45) is 2.58. The number of para-hydroxylation sites is 2. The third kappa shape index (κ3) is 2.13. The lowest BCUT2D eigenvalue weighted by atomic mass is 10.3. The Kier molecular flexibility index (Phi) is 3.30. The fourth-order valence-corrected chi connectivity index (χ4v) is 2.74. The van der Waals surface area contributed by atoms with Gasteiger partial charge in [0.15, 0.2) is 0 Å². The predicted molar refractivity (Wildman–Crippen MR) is 71.3 cm³/mol. The second-order valence-corrected chi connectivity index (χ2v) is 4.88. The van der Waals surface area contributed by atoms with Crippen LogP contribution in [0.15, 0.2) is 24.3 Å². The quantitative estimate of drug-likeness (QED) is 0.890. The maximum Gasteiger partial charge on any atom is 0.124 e. The minimum Gasteiger partial charge on any atom is -0.395 e. The number of nitrogens with zero attached hydrogens (tertiary/aromatic N) is 3. The van der Waals surface area contributed by atoms with E-state index in [2.05, 4.69) is 15.5 Å². The lowest BCUT2D eigenvalue weighted by Crippen LogP contribution is -2.21. The van der Waals surface area contributed by atoms with E-state index in [0.717, 1.165) is 23.4 Å². The summed E-state index contributed by atoms with van der Waals surface area (Å²) in [6.45, 7) is 4.02. The molecule has 0 radical (unpaired) electrons. The van der Waals surface area contributed by atoms with Gasteiger partial charge in [-0.15, -0.1) is 0 Å². The van der Waals surface area contributed by atoms with Crippen LogP contribution in [-0.4, -0.2) is 39.3 Å². The Morgan fingerprint density at radius 3 is 2.72 bits per heavy atom. The van der Waals surface area contributed by atoms with Crippen LogP contribution >= 0.6 is 0 Å². The molecule has 1 aromatic carbocycles. The second kappa shape index (κ2) is 5.08. The van der Waals surface area contributed by atoms with Gasteiger partial charge < -0.3 is 9.67 Å². The van der Waals surface area contributed by atoms with E-state index >= 15 is 0 Å². The van der Waals surface area contributed by atoms with E-state index in [-0.39, 0.29) is 6.61 Å². The molecule has 3 rings (SSSR count). The van der Waals surface area contributed by atoms with Gasteiger partial charge in [0.05, 0.1) is 24.2 Å². The van der Waals surface area contributed by atoms with Crippen LogP contribution in [0.3, 0.4) is 0 Å². The molecule has 0 unspecified atom stereocenters. The molecule has 2 aromatic rings. The van der Waals surface area contributed by atoms with Crippen LogP contribution in [0.2, 0.25) is 0 Å². The van der Waals surface area contributed by atoms with Gasteiger partial charge in [-0.3, -0.25) is 4.90 Å².